The highest BCUT2D eigenvalue weighted by atomic mass is 16.5. The molecule has 0 radical (unpaired) electrons. The normalized spacial score (nSPS) is 11.8. The van der Waals surface area contributed by atoms with Crippen molar-refractivity contribution >= 4 is 5.91 Å². The van der Waals surface area contributed by atoms with Crippen molar-refractivity contribution in [1.82, 2.24) is 10.6 Å². The van der Waals surface area contributed by atoms with Gasteiger partial charge in [0.2, 0.25) is 5.91 Å². The number of ether oxygens (including phenoxy) is 2. The highest BCUT2D eigenvalue weighted by Gasteiger charge is 2.08. The average Bonchev–Trinajstić information content (AvgIpc) is 2.49. The number of aliphatic hydroxyl groups is 1. The summed E-state index contributed by atoms with van der Waals surface area (Å²) in [5.41, 5.74) is 0. The number of nitrogens with one attached hydrogen (secondary N) is 2. The summed E-state index contributed by atoms with van der Waals surface area (Å²) >= 11 is 0. The molecule has 0 bridgehead atoms. The van der Waals surface area contributed by atoms with E-state index in [2.05, 4.69) is 10.6 Å². The predicted octanol–water partition coefficient (Wildman–Crippen LogP) is 0.161. The van der Waals surface area contributed by atoms with Crippen molar-refractivity contribution in [3.63, 3.8) is 0 Å². The summed E-state index contributed by atoms with van der Waals surface area (Å²) in [6, 6.07) is 7.27. The topological polar surface area (TPSA) is 79.8 Å². The van der Waals surface area contributed by atoms with Crippen molar-refractivity contribution < 1.29 is 19.4 Å². The average molecular weight is 282 g/mol. The lowest BCUT2D eigenvalue weighted by Crippen LogP contribution is -2.33. The number of methoxy groups -OCH3 is 1. The molecule has 1 aromatic carbocycles. The fraction of sp³-hybridized carbons (Fsp3) is 0.500. The molecule has 1 aromatic rings. The fourth-order valence-corrected chi connectivity index (χ4v) is 1.58. The van der Waals surface area contributed by atoms with Crippen LogP contribution in [0.25, 0.3) is 0 Å². The molecule has 0 saturated carbocycles. The fourth-order valence-electron chi connectivity index (χ4n) is 1.58. The van der Waals surface area contributed by atoms with Crippen LogP contribution in [0.2, 0.25) is 0 Å². The van der Waals surface area contributed by atoms with Crippen LogP contribution in [0.15, 0.2) is 24.3 Å². The summed E-state index contributed by atoms with van der Waals surface area (Å²) in [5.74, 6) is 1.20. The van der Waals surface area contributed by atoms with E-state index in [1.807, 2.05) is 12.1 Å². The molecule has 6 nitrogen and oxygen atoms in total. The maximum absolute atomic E-state index is 11.0. The Labute approximate surface area is 119 Å². The highest BCUT2D eigenvalue weighted by Crippen LogP contribution is 2.25. The smallest absolute Gasteiger partial charge is 0.221 e. The molecule has 112 valence electrons. The van der Waals surface area contributed by atoms with Crippen LogP contribution in [0.5, 0.6) is 11.5 Å². The Balaban J connectivity index is 2.22. The Morgan fingerprint density at radius 1 is 1.35 bits per heavy atom. The Bertz CT molecular complexity index is 412. The predicted molar refractivity (Wildman–Crippen MR) is 76.0 cm³/mol. The Hall–Kier alpha value is -1.79. The Morgan fingerprint density at radius 2 is 2.05 bits per heavy atom. The van der Waals surface area contributed by atoms with Gasteiger partial charge in [-0.1, -0.05) is 12.1 Å². The number of aliphatic hydroxyl groups excluding tert-OH is 1. The number of hydrogen-bond donors (Lipinski definition) is 3. The van der Waals surface area contributed by atoms with E-state index in [-0.39, 0.29) is 12.5 Å². The molecule has 20 heavy (non-hydrogen) atoms. The molecule has 3 N–H and O–H groups in total. The summed E-state index contributed by atoms with van der Waals surface area (Å²) in [7, 11) is 3.16. The zero-order chi connectivity index (χ0) is 14.8. The molecule has 0 aromatic heterocycles. The van der Waals surface area contributed by atoms with Gasteiger partial charge in [0.05, 0.1) is 7.11 Å². The summed E-state index contributed by atoms with van der Waals surface area (Å²) in [6.45, 7) is 1.05. The Kier molecular flexibility index (Phi) is 7.46. The van der Waals surface area contributed by atoms with Gasteiger partial charge in [-0.3, -0.25) is 4.79 Å². The van der Waals surface area contributed by atoms with Gasteiger partial charge in [0, 0.05) is 26.6 Å². The number of rotatable bonds is 9. The van der Waals surface area contributed by atoms with Crippen LogP contribution in [-0.2, 0) is 4.79 Å². The van der Waals surface area contributed by atoms with Gasteiger partial charge in [0.1, 0.15) is 12.7 Å². The SMILES string of the molecule is CNC(=O)CCNCC(O)COc1ccccc1OC. The number of amides is 1. The summed E-state index contributed by atoms with van der Waals surface area (Å²) in [4.78, 5) is 11.0. The molecule has 0 heterocycles. The van der Waals surface area contributed by atoms with Crippen LogP contribution >= 0.6 is 0 Å². The van der Waals surface area contributed by atoms with Gasteiger partial charge in [-0.25, -0.2) is 0 Å². The molecule has 1 rings (SSSR count). The molecule has 1 atom stereocenters. The van der Waals surface area contributed by atoms with Gasteiger partial charge in [0.25, 0.3) is 0 Å². The van der Waals surface area contributed by atoms with E-state index in [0.717, 1.165) is 0 Å². The van der Waals surface area contributed by atoms with Crippen LogP contribution in [0.4, 0.5) is 0 Å². The number of para-hydroxylation sites is 2. The van der Waals surface area contributed by atoms with Gasteiger partial charge >= 0.3 is 0 Å². The van der Waals surface area contributed by atoms with E-state index in [9.17, 15) is 9.90 Å². The number of benzene rings is 1. The standard InChI is InChI=1S/C14H22N2O4/c1-15-14(18)7-8-16-9-11(17)10-20-13-6-4-3-5-12(13)19-2/h3-6,11,16-17H,7-10H2,1-2H3,(H,15,18). The first-order valence-electron chi connectivity index (χ1n) is 6.52. The van der Waals surface area contributed by atoms with Gasteiger partial charge in [-0.05, 0) is 12.1 Å². The van der Waals surface area contributed by atoms with Crippen LogP contribution in [0, 0.1) is 0 Å². The molecule has 0 fully saturated rings. The van der Waals surface area contributed by atoms with Crippen LogP contribution < -0.4 is 20.1 Å². The maximum Gasteiger partial charge on any atom is 0.221 e. The summed E-state index contributed by atoms with van der Waals surface area (Å²) in [6.07, 6.45) is -0.263. The van der Waals surface area contributed by atoms with E-state index in [1.54, 1.807) is 26.3 Å². The summed E-state index contributed by atoms with van der Waals surface area (Å²) in [5, 5.41) is 15.3. The molecular formula is C14H22N2O4. The highest BCUT2D eigenvalue weighted by molar-refractivity contribution is 5.75. The van der Waals surface area contributed by atoms with Crippen molar-refractivity contribution in [2.45, 2.75) is 12.5 Å². The number of hydrogen-bond acceptors (Lipinski definition) is 5. The summed E-state index contributed by atoms with van der Waals surface area (Å²) < 4.78 is 10.6. The van der Waals surface area contributed by atoms with Crippen LogP contribution in [0.3, 0.4) is 0 Å². The van der Waals surface area contributed by atoms with Gasteiger partial charge in [0.15, 0.2) is 11.5 Å². The minimum absolute atomic E-state index is 0.0303. The third kappa shape index (κ3) is 5.90. The third-order valence-corrected chi connectivity index (χ3v) is 2.69. The van der Waals surface area contributed by atoms with Crippen molar-refractivity contribution in [2.75, 3.05) is 33.9 Å². The second-order valence-electron chi connectivity index (χ2n) is 4.24. The minimum Gasteiger partial charge on any atom is -0.493 e. The molecule has 0 aliphatic heterocycles. The monoisotopic (exact) mass is 282 g/mol. The first-order chi connectivity index (χ1) is 9.67. The van der Waals surface area contributed by atoms with Gasteiger partial charge in [-0.15, -0.1) is 0 Å². The Morgan fingerprint density at radius 3 is 2.70 bits per heavy atom. The number of carbonyl (C=O) groups excluding carboxylic acids is 1. The molecule has 0 spiro atoms. The number of carbonyl (C=O) groups is 1. The lowest BCUT2D eigenvalue weighted by atomic mass is 10.3. The zero-order valence-corrected chi connectivity index (χ0v) is 11.9. The first kappa shape index (κ1) is 16.3. The largest absolute Gasteiger partial charge is 0.493 e. The molecule has 0 aliphatic carbocycles. The van der Waals surface area contributed by atoms with Crippen molar-refractivity contribution in [1.29, 1.82) is 0 Å². The molecule has 1 amide bonds. The third-order valence-electron chi connectivity index (χ3n) is 2.69. The maximum atomic E-state index is 11.0. The minimum atomic E-state index is -0.649. The zero-order valence-electron chi connectivity index (χ0n) is 11.9. The molecule has 1 unspecified atom stereocenters. The van der Waals surface area contributed by atoms with E-state index >= 15 is 0 Å². The van der Waals surface area contributed by atoms with Crippen molar-refractivity contribution in [2.24, 2.45) is 0 Å². The van der Waals surface area contributed by atoms with Gasteiger partial charge < -0.3 is 25.2 Å². The van der Waals surface area contributed by atoms with E-state index in [0.29, 0.717) is 31.0 Å². The first-order valence-corrected chi connectivity index (χ1v) is 6.52. The van der Waals surface area contributed by atoms with Crippen LogP contribution in [-0.4, -0.2) is 51.0 Å². The second kappa shape index (κ2) is 9.17. The molecule has 0 saturated heterocycles. The quantitative estimate of drug-likeness (QED) is 0.562. The molecular weight excluding hydrogens is 260 g/mol. The second-order valence-corrected chi connectivity index (χ2v) is 4.24. The lowest BCUT2D eigenvalue weighted by Gasteiger charge is -2.14. The lowest BCUT2D eigenvalue weighted by molar-refractivity contribution is -0.120. The van der Waals surface area contributed by atoms with Crippen LogP contribution in [0.1, 0.15) is 6.42 Å². The van der Waals surface area contributed by atoms with Crippen molar-refractivity contribution in [3.05, 3.63) is 24.3 Å². The van der Waals surface area contributed by atoms with Crippen molar-refractivity contribution in [3.8, 4) is 11.5 Å². The van der Waals surface area contributed by atoms with E-state index in [1.165, 1.54) is 0 Å². The van der Waals surface area contributed by atoms with E-state index in [4.69, 9.17) is 9.47 Å². The van der Waals surface area contributed by atoms with Gasteiger partial charge in [-0.2, -0.15) is 0 Å². The molecule has 0 aliphatic rings. The molecule has 6 heteroatoms. The van der Waals surface area contributed by atoms with E-state index < -0.39 is 6.10 Å².